The summed E-state index contributed by atoms with van der Waals surface area (Å²) in [4.78, 5) is 48.8. The van der Waals surface area contributed by atoms with Crippen LogP contribution in [0.15, 0.2) is 84.3 Å². The first-order valence-electron chi connectivity index (χ1n) is 11.3. The number of benzene rings is 1. The molecule has 3 N–H and O–H groups in total. The van der Waals surface area contributed by atoms with Gasteiger partial charge in [0.1, 0.15) is 11.9 Å². The molecule has 0 fully saturated rings. The molecule has 0 unspecified atom stereocenters. The lowest BCUT2D eigenvalue weighted by Gasteiger charge is -2.07. The molecule has 0 bridgehead atoms. The van der Waals surface area contributed by atoms with Crippen LogP contribution in [0.4, 0.5) is 5.69 Å². The molecule has 9 nitrogen and oxygen atoms in total. The van der Waals surface area contributed by atoms with Gasteiger partial charge in [-0.05, 0) is 48.0 Å². The lowest BCUT2D eigenvalue weighted by Crippen LogP contribution is -2.33. The van der Waals surface area contributed by atoms with Crippen molar-refractivity contribution in [2.75, 3.05) is 11.9 Å². The molecule has 4 heterocycles. The third kappa shape index (κ3) is 4.90. The maximum Gasteiger partial charge on any atom is 0.263 e. The van der Waals surface area contributed by atoms with E-state index >= 15 is 0 Å². The van der Waals surface area contributed by atoms with Crippen LogP contribution in [0, 0.1) is 0 Å². The number of hydrogen-bond acceptors (Lipinski definition) is 5. The molecule has 0 saturated carbocycles. The van der Waals surface area contributed by atoms with Gasteiger partial charge in [-0.3, -0.25) is 14.4 Å². The molecule has 4 aromatic rings. The standard InChI is InChI=1S/C27H22N6O3/c34-25(22-6-3-13-33(27(22)36)16-20-9-12-28-17-31-20)30-11-1-4-18-7-8-21-23(15-19-5-2-10-29-19)26(35)32-24(21)14-18/h1-10,12-15,17,29H,11,16H2,(H,30,34)(H,32,35)/b4-1+,23-15?. The Morgan fingerprint density at radius 2 is 2.03 bits per heavy atom. The molecular weight excluding hydrogens is 456 g/mol. The lowest BCUT2D eigenvalue weighted by molar-refractivity contribution is -0.110. The van der Waals surface area contributed by atoms with E-state index in [1.165, 1.54) is 17.0 Å². The van der Waals surface area contributed by atoms with Crippen LogP contribution in [0.2, 0.25) is 0 Å². The van der Waals surface area contributed by atoms with E-state index in [1.807, 2.05) is 42.5 Å². The summed E-state index contributed by atoms with van der Waals surface area (Å²) in [7, 11) is 0. The predicted octanol–water partition coefficient (Wildman–Crippen LogP) is 2.95. The van der Waals surface area contributed by atoms with Crippen molar-refractivity contribution in [2.24, 2.45) is 0 Å². The van der Waals surface area contributed by atoms with Crippen LogP contribution in [0.3, 0.4) is 0 Å². The number of carbonyl (C=O) groups is 2. The molecule has 1 aromatic carbocycles. The Morgan fingerprint density at radius 1 is 1.11 bits per heavy atom. The second-order valence-electron chi connectivity index (χ2n) is 8.11. The average Bonchev–Trinajstić information content (AvgIpc) is 3.51. The molecule has 1 aliphatic rings. The molecule has 178 valence electrons. The van der Waals surface area contributed by atoms with Crippen LogP contribution >= 0.6 is 0 Å². The maximum absolute atomic E-state index is 12.7. The van der Waals surface area contributed by atoms with Crippen LogP contribution in [0.5, 0.6) is 0 Å². The van der Waals surface area contributed by atoms with E-state index in [1.54, 1.807) is 36.8 Å². The summed E-state index contributed by atoms with van der Waals surface area (Å²) in [6.07, 6.45) is 11.9. The van der Waals surface area contributed by atoms with Crippen molar-refractivity contribution in [1.29, 1.82) is 0 Å². The van der Waals surface area contributed by atoms with Gasteiger partial charge in [0.05, 0.1) is 17.8 Å². The van der Waals surface area contributed by atoms with Crippen molar-refractivity contribution < 1.29 is 9.59 Å². The Hall–Kier alpha value is -5.05. The minimum Gasteiger partial charge on any atom is -0.362 e. The molecule has 1 aliphatic heterocycles. The Labute approximate surface area is 206 Å². The molecular formula is C27H22N6O3. The van der Waals surface area contributed by atoms with Crippen molar-refractivity contribution in [1.82, 2.24) is 24.8 Å². The Kier molecular flexibility index (Phi) is 6.35. The molecule has 0 spiro atoms. The third-order valence-electron chi connectivity index (χ3n) is 5.68. The highest BCUT2D eigenvalue weighted by Crippen LogP contribution is 2.33. The summed E-state index contributed by atoms with van der Waals surface area (Å²) in [5.41, 5.74) is 4.23. The van der Waals surface area contributed by atoms with E-state index in [4.69, 9.17) is 0 Å². The summed E-state index contributed by atoms with van der Waals surface area (Å²) in [6, 6.07) is 14.3. The number of anilines is 1. The molecule has 3 aromatic heterocycles. The third-order valence-corrected chi connectivity index (χ3v) is 5.68. The van der Waals surface area contributed by atoms with Gasteiger partial charge in [0.15, 0.2) is 0 Å². The lowest BCUT2D eigenvalue weighted by atomic mass is 10.0. The van der Waals surface area contributed by atoms with Crippen LogP contribution < -0.4 is 16.2 Å². The molecule has 0 aliphatic carbocycles. The minimum atomic E-state index is -0.456. The molecule has 9 heteroatoms. The second kappa shape index (κ2) is 10.1. The zero-order chi connectivity index (χ0) is 24.9. The van der Waals surface area contributed by atoms with E-state index < -0.39 is 11.5 Å². The minimum absolute atomic E-state index is 0.0570. The zero-order valence-corrected chi connectivity index (χ0v) is 19.1. The highest BCUT2D eigenvalue weighted by Gasteiger charge is 2.24. The van der Waals surface area contributed by atoms with Gasteiger partial charge < -0.3 is 20.2 Å². The second-order valence-corrected chi connectivity index (χ2v) is 8.11. The van der Waals surface area contributed by atoms with Gasteiger partial charge in [-0.1, -0.05) is 24.3 Å². The van der Waals surface area contributed by atoms with Gasteiger partial charge in [0, 0.05) is 42.1 Å². The normalized spacial score (nSPS) is 13.7. The highest BCUT2D eigenvalue weighted by molar-refractivity contribution is 6.34. The van der Waals surface area contributed by atoms with Gasteiger partial charge in [-0.25, -0.2) is 9.97 Å². The van der Waals surface area contributed by atoms with Gasteiger partial charge in [-0.15, -0.1) is 0 Å². The fraction of sp³-hybridized carbons (Fsp3) is 0.0741. The molecule has 2 amide bonds. The number of amides is 2. The number of nitrogens with one attached hydrogen (secondary N) is 3. The van der Waals surface area contributed by atoms with Crippen LogP contribution in [0.25, 0.3) is 17.7 Å². The number of carbonyl (C=O) groups excluding carboxylic acids is 2. The quantitative estimate of drug-likeness (QED) is 0.353. The van der Waals surface area contributed by atoms with E-state index in [0.29, 0.717) is 11.3 Å². The molecule has 0 atom stereocenters. The van der Waals surface area contributed by atoms with Gasteiger partial charge in [-0.2, -0.15) is 0 Å². The summed E-state index contributed by atoms with van der Waals surface area (Å²) in [5.74, 6) is -0.608. The van der Waals surface area contributed by atoms with Gasteiger partial charge in [0.25, 0.3) is 17.4 Å². The SMILES string of the molecule is O=C1Nc2cc(/C=C/CNC(=O)c3cccn(Cc4ccncn4)c3=O)ccc2C1=Cc1ccc[nH]1. The number of H-pyrrole nitrogens is 1. The van der Waals surface area contributed by atoms with Gasteiger partial charge in [0.2, 0.25) is 0 Å². The van der Waals surface area contributed by atoms with Crippen LogP contribution in [-0.2, 0) is 11.3 Å². The van der Waals surface area contributed by atoms with E-state index in [-0.39, 0.29) is 24.6 Å². The topological polar surface area (TPSA) is 122 Å². The fourth-order valence-corrected chi connectivity index (χ4v) is 3.91. The molecule has 5 rings (SSSR count). The largest absolute Gasteiger partial charge is 0.362 e. The number of pyridine rings is 1. The zero-order valence-electron chi connectivity index (χ0n) is 19.1. The van der Waals surface area contributed by atoms with E-state index in [0.717, 1.165) is 22.5 Å². The number of aromatic amines is 1. The number of fused-ring (bicyclic) bond motifs is 1. The number of rotatable bonds is 7. The number of aromatic nitrogens is 4. The van der Waals surface area contributed by atoms with E-state index in [9.17, 15) is 14.4 Å². The summed E-state index contributed by atoms with van der Waals surface area (Å²) >= 11 is 0. The van der Waals surface area contributed by atoms with E-state index in [2.05, 4.69) is 25.6 Å². The van der Waals surface area contributed by atoms with Crippen LogP contribution in [-0.4, -0.2) is 37.9 Å². The molecule has 36 heavy (non-hydrogen) atoms. The Bertz CT molecular complexity index is 1540. The maximum atomic E-state index is 12.7. The van der Waals surface area contributed by atoms with Crippen molar-refractivity contribution in [3.05, 3.63) is 118 Å². The van der Waals surface area contributed by atoms with Gasteiger partial charge >= 0.3 is 0 Å². The van der Waals surface area contributed by atoms with Crippen molar-refractivity contribution in [3.8, 4) is 0 Å². The predicted molar refractivity (Wildman–Crippen MR) is 137 cm³/mol. The fourth-order valence-electron chi connectivity index (χ4n) is 3.91. The number of nitrogens with zero attached hydrogens (tertiary/aromatic N) is 3. The highest BCUT2D eigenvalue weighted by atomic mass is 16.2. The Balaban J connectivity index is 1.22. The van der Waals surface area contributed by atoms with Crippen molar-refractivity contribution in [2.45, 2.75) is 6.54 Å². The van der Waals surface area contributed by atoms with Crippen LogP contribution in [0.1, 0.15) is 32.9 Å². The Morgan fingerprint density at radius 3 is 2.83 bits per heavy atom. The molecule has 0 radical (unpaired) electrons. The summed E-state index contributed by atoms with van der Waals surface area (Å²) in [5, 5.41) is 5.63. The smallest absolute Gasteiger partial charge is 0.263 e. The summed E-state index contributed by atoms with van der Waals surface area (Å²) < 4.78 is 1.43. The first-order chi connectivity index (χ1) is 17.6. The van der Waals surface area contributed by atoms with Crippen molar-refractivity contribution >= 4 is 35.2 Å². The molecule has 0 saturated heterocycles. The monoisotopic (exact) mass is 478 g/mol. The first-order valence-corrected chi connectivity index (χ1v) is 11.3. The number of hydrogen-bond donors (Lipinski definition) is 3. The van der Waals surface area contributed by atoms with Crippen molar-refractivity contribution in [3.63, 3.8) is 0 Å². The summed E-state index contributed by atoms with van der Waals surface area (Å²) in [6.45, 7) is 0.486. The average molecular weight is 479 g/mol. The first kappa shape index (κ1) is 22.7.